The number of ether oxygens (including phenoxy) is 1. The summed E-state index contributed by atoms with van der Waals surface area (Å²) in [4.78, 5) is 12.7. The summed E-state index contributed by atoms with van der Waals surface area (Å²) >= 11 is 0. The molecule has 0 radical (unpaired) electrons. The molecule has 134 valence electrons. The molecule has 0 atom stereocenters. The zero-order chi connectivity index (χ0) is 18.4. The van der Waals surface area contributed by atoms with E-state index in [2.05, 4.69) is 27.6 Å². The van der Waals surface area contributed by atoms with Gasteiger partial charge in [-0.1, -0.05) is 43.3 Å². The molecule has 0 saturated carbocycles. The summed E-state index contributed by atoms with van der Waals surface area (Å²) in [6.07, 6.45) is 2.41. The van der Waals surface area contributed by atoms with Crippen molar-refractivity contribution in [2.75, 3.05) is 12.4 Å². The van der Waals surface area contributed by atoms with E-state index in [1.54, 1.807) is 25.3 Å². The molecule has 0 aliphatic heterocycles. The number of aromatic nitrogens is 2. The summed E-state index contributed by atoms with van der Waals surface area (Å²) in [5, 5.41) is 10.5. The number of H-pyrrole nitrogens is 1. The lowest BCUT2D eigenvalue weighted by atomic mass is 10.1. The number of aryl methyl sites for hydroxylation is 3. The lowest BCUT2D eigenvalue weighted by molar-refractivity contribution is 0.102. The van der Waals surface area contributed by atoms with Gasteiger partial charge in [0.2, 0.25) is 0 Å². The first-order valence-corrected chi connectivity index (χ1v) is 8.76. The van der Waals surface area contributed by atoms with Crippen LogP contribution >= 0.6 is 0 Å². The van der Waals surface area contributed by atoms with Crippen LogP contribution in [0.4, 0.5) is 5.69 Å². The fourth-order valence-corrected chi connectivity index (χ4v) is 2.87. The molecule has 0 bridgehead atoms. The predicted molar refractivity (Wildman–Crippen MR) is 103 cm³/mol. The van der Waals surface area contributed by atoms with E-state index in [-0.39, 0.29) is 5.91 Å². The zero-order valence-electron chi connectivity index (χ0n) is 15.1. The lowest BCUT2D eigenvalue weighted by Gasteiger charge is -2.09. The molecule has 2 aromatic carbocycles. The number of anilines is 1. The fourth-order valence-electron chi connectivity index (χ4n) is 2.87. The molecule has 26 heavy (non-hydrogen) atoms. The molecule has 5 heteroatoms. The molecule has 5 nitrogen and oxygen atoms in total. The Kier molecular flexibility index (Phi) is 5.69. The van der Waals surface area contributed by atoms with Gasteiger partial charge in [-0.25, -0.2) is 0 Å². The van der Waals surface area contributed by atoms with Crippen LogP contribution in [0.5, 0.6) is 5.75 Å². The van der Waals surface area contributed by atoms with E-state index in [0.29, 0.717) is 11.3 Å². The minimum absolute atomic E-state index is 0.166. The molecule has 0 fully saturated rings. The Bertz CT molecular complexity index is 872. The molecule has 0 spiro atoms. The second-order valence-electron chi connectivity index (χ2n) is 6.05. The number of benzene rings is 2. The minimum Gasteiger partial charge on any atom is -0.497 e. The van der Waals surface area contributed by atoms with Gasteiger partial charge in [-0.2, -0.15) is 5.10 Å². The van der Waals surface area contributed by atoms with E-state index in [9.17, 15) is 4.79 Å². The molecule has 1 amide bonds. The topological polar surface area (TPSA) is 67.0 Å². The second kappa shape index (κ2) is 8.34. The van der Waals surface area contributed by atoms with Gasteiger partial charge >= 0.3 is 0 Å². The molecule has 0 aliphatic rings. The highest BCUT2D eigenvalue weighted by Gasteiger charge is 2.16. The fraction of sp³-hybridized carbons (Fsp3) is 0.238. The van der Waals surface area contributed by atoms with Gasteiger partial charge in [0.25, 0.3) is 5.91 Å². The number of rotatable bonds is 7. The van der Waals surface area contributed by atoms with Crippen LogP contribution in [0.15, 0.2) is 54.6 Å². The number of carbonyl (C=O) groups excluding carboxylic acids is 1. The Morgan fingerprint density at radius 2 is 1.92 bits per heavy atom. The van der Waals surface area contributed by atoms with Gasteiger partial charge < -0.3 is 10.1 Å². The first-order chi connectivity index (χ1) is 12.7. The summed E-state index contributed by atoms with van der Waals surface area (Å²) in [5.74, 6) is 0.492. The third-order valence-corrected chi connectivity index (χ3v) is 4.33. The second-order valence-corrected chi connectivity index (χ2v) is 6.05. The Morgan fingerprint density at radius 3 is 2.65 bits per heavy atom. The third kappa shape index (κ3) is 4.11. The van der Waals surface area contributed by atoms with Crippen LogP contribution in [0.3, 0.4) is 0 Å². The normalized spacial score (nSPS) is 10.5. The van der Waals surface area contributed by atoms with Crippen molar-refractivity contribution in [1.29, 1.82) is 0 Å². The molecule has 1 aromatic heterocycles. The molecule has 0 saturated heterocycles. The van der Waals surface area contributed by atoms with Crippen LogP contribution in [0.25, 0.3) is 0 Å². The smallest absolute Gasteiger partial charge is 0.255 e. The standard InChI is InChI=1S/C21H23N3O2/c1-3-18-20(22-21(25)16-10-7-11-17(14-16)26-2)19(24-23-18)13-12-15-8-5-4-6-9-15/h4-11,14H,3,12-13H2,1-2H3,(H,22,25)(H,23,24). The summed E-state index contributed by atoms with van der Waals surface area (Å²) in [5.41, 5.74) is 4.41. The first kappa shape index (κ1) is 17.7. The Hall–Kier alpha value is -3.08. The van der Waals surface area contributed by atoms with Crippen molar-refractivity contribution in [2.24, 2.45) is 0 Å². The number of hydrogen-bond acceptors (Lipinski definition) is 3. The van der Waals surface area contributed by atoms with Crippen molar-refractivity contribution in [3.05, 3.63) is 77.1 Å². The van der Waals surface area contributed by atoms with E-state index < -0.39 is 0 Å². The highest BCUT2D eigenvalue weighted by molar-refractivity contribution is 6.05. The maximum Gasteiger partial charge on any atom is 0.255 e. The first-order valence-electron chi connectivity index (χ1n) is 8.76. The molecular weight excluding hydrogens is 326 g/mol. The zero-order valence-corrected chi connectivity index (χ0v) is 15.1. The summed E-state index contributed by atoms with van der Waals surface area (Å²) < 4.78 is 5.20. The van der Waals surface area contributed by atoms with Crippen molar-refractivity contribution in [3.63, 3.8) is 0 Å². The lowest BCUT2D eigenvalue weighted by Crippen LogP contribution is -2.14. The highest BCUT2D eigenvalue weighted by Crippen LogP contribution is 2.22. The van der Waals surface area contributed by atoms with E-state index in [1.807, 2.05) is 31.2 Å². The van der Waals surface area contributed by atoms with E-state index in [0.717, 1.165) is 36.3 Å². The molecular formula is C21H23N3O2. The van der Waals surface area contributed by atoms with Crippen molar-refractivity contribution in [2.45, 2.75) is 26.2 Å². The van der Waals surface area contributed by atoms with Gasteiger partial charge in [-0.3, -0.25) is 9.89 Å². The third-order valence-electron chi connectivity index (χ3n) is 4.33. The quantitative estimate of drug-likeness (QED) is 0.677. The number of nitrogens with one attached hydrogen (secondary N) is 2. The number of amides is 1. The van der Waals surface area contributed by atoms with Gasteiger partial charge in [-0.15, -0.1) is 0 Å². The number of carbonyl (C=O) groups is 1. The van der Waals surface area contributed by atoms with E-state index in [4.69, 9.17) is 4.74 Å². The highest BCUT2D eigenvalue weighted by atomic mass is 16.5. The molecule has 0 unspecified atom stereocenters. The van der Waals surface area contributed by atoms with Crippen LogP contribution in [0.2, 0.25) is 0 Å². The van der Waals surface area contributed by atoms with Gasteiger partial charge in [-0.05, 0) is 43.0 Å². The summed E-state index contributed by atoms with van der Waals surface area (Å²) in [7, 11) is 1.59. The van der Waals surface area contributed by atoms with Gasteiger partial charge in [0.1, 0.15) is 5.75 Å². The average molecular weight is 349 g/mol. The van der Waals surface area contributed by atoms with Crippen molar-refractivity contribution < 1.29 is 9.53 Å². The molecule has 3 rings (SSSR count). The summed E-state index contributed by atoms with van der Waals surface area (Å²) in [6, 6.07) is 17.4. The number of methoxy groups -OCH3 is 1. The van der Waals surface area contributed by atoms with Gasteiger partial charge in [0.05, 0.1) is 24.2 Å². The molecule has 0 aliphatic carbocycles. The summed E-state index contributed by atoms with van der Waals surface area (Å²) in [6.45, 7) is 2.03. The Balaban J connectivity index is 1.77. The maximum absolute atomic E-state index is 12.7. The van der Waals surface area contributed by atoms with Gasteiger partial charge in [0, 0.05) is 5.56 Å². The average Bonchev–Trinajstić information content (AvgIpc) is 3.08. The molecule has 2 N–H and O–H groups in total. The monoisotopic (exact) mass is 349 g/mol. The van der Waals surface area contributed by atoms with E-state index in [1.165, 1.54) is 5.56 Å². The minimum atomic E-state index is -0.166. The number of hydrogen-bond donors (Lipinski definition) is 2. The van der Waals surface area contributed by atoms with Crippen LogP contribution in [-0.4, -0.2) is 23.2 Å². The Labute approximate surface area is 153 Å². The molecule has 1 heterocycles. The van der Waals surface area contributed by atoms with Crippen molar-refractivity contribution in [1.82, 2.24) is 10.2 Å². The number of nitrogens with zero attached hydrogens (tertiary/aromatic N) is 1. The number of aromatic amines is 1. The van der Waals surface area contributed by atoms with Crippen molar-refractivity contribution >= 4 is 11.6 Å². The van der Waals surface area contributed by atoms with Gasteiger partial charge in [0.15, 0.2) is 0 Å². The molecule has 3 aromatic rings. The maximum atomic E-state index is 12.7. The SMILES string of the molecule is CCc1n[nH]c(CCc2ccccc2)c1NC(=O)c1cccc(OC)c1. The van der Waals surface area contributed by atoms with Crippen LogP contribution in [0, 0.1) is 0 Å². The van der Waals surface area contributed by atoms with E-state index >= 15 is 0 Å². The van der Waals surface area contributed by atoms with Crippen LogP contribution in [-0.2, 0) is 19.3 Å². The predicted octanol–water partition coefficient (Wildman–Crippen LogP) is 4.02. The Morgan fingerprint density at radius 1 is 1.12 bits per heavy atom. The largest absolute Gasteiger partial charge is 0.497 e. The van der Waals surface area contributed by atoms with Crippen LogP contribution in [0.1, 0.15) is 34.2 Å². The van der Waals surface area contributed by atoms with Crippen LogP contribution < -0.4 is 10.1 Å². The van der Waals surface area contributed by atoms with Crippen molar-refractivity contribution in [3.8, 4) is 5.75 Å².